The monoisotopic (exact) mass is 648 g/mol. The highest BCUT2D eigenvalue weighted by Gasteiger charge is 2.44. The lowest BCUT2D eigenvalue weighted by molar-refractivity contribution is 0.381. The topological polar surface area (TPSA) is 0 Å². The Morgan fingerprint density at radius 1 is 0.422 bits per heavy atom. The summed E-state index contributed by atoms with van der Waals surface area (Å²) in [7, 11) is -3.19. The Morgan fingerprint density at radius 2 is 0.711 bits per heavy atom. The van der Waals surface area contributed by atoms with E-state index in [4.69, 9.17) is 0 Å². The van der Waals surface area contributed by atoms with E-state index >= 15 is 17.6 Å². The number of benzene rings is 4. The van der Waals surface area contributed by atoms with Gasteiger partial charge in [-0.05, 0) is 70.5 Å². The molecular formula is C34H22F10Si. The third-order valence-electron chi connectivity index (χ3n) is 8.77. The molecule has 0 radical (unpaired) electrons. The molecular weight excluding hydrogens is 626 g/mol. The minimum Gasteiger partial charge on any atom is -0.203 e. The molecule has 0 aromatic heterocycles. The summed E-state index contributed by atoms with van der Waals surface area (Å²) in [6, 6.07) is 8.79. The second-order valence-electron chi connectivity index (χ2n) is 11.9. The zero-order valence-corrected chi connectivity index (χ0v) is 25.2. The van der Waals surface area contributed by atoms with Crippen LogP contribution in [0.5, 0.6) is 0 Å². The summed E-state index contributed by atoms with van der Waals surface area (Å²) in [6.45, 7) is 7.27. The van der Waals surface area contributed by atoms with Crippen LogP contribution in [-0.2, 0) is 12.8 Å². The summed E-state index contributed by atoms with van der Waals surface area (Å²) in [5.74, 6) is -20.9. The van der Waals surface area contributed by atoms with Gasteiger partial charge in [0.05, 0.1) is 11.1 Å². The average Bonchev–Trinajstić information content (AvgIpc) is 3.54. The van der Waals surface area contributed by atoms with Crippen LogP contribution in [0.1, 0.15) is 36.1 Å². The fourth-order valence-electron chi connectivity index (χ4n) is 7.18. The predicted octanol–water partition coefficient (Wildman–Crippen LogP) is 10.6. The normalized spacial score (nSPS) is 14.5. The lowest BCUT2D eigenvalue weighted by Gasteiger charge is -2.32. The van der Waals surface area contributed by atoms with Gasteiger partial charge in [0.25, 0.3) is 0 Å². The first-order chi connectivity index (χ1) is 21.1. The molecule has 0 saturated heterocycles. The molecule has 0 aliphatic heterocycles. The van der Waals surface area contributed by atoms with E-state index in [-0.39, 0.29) is 22.3 Å². The second kappa shape index (κ2) is 10.5. The van der Waals surface area contributed by atoms with E-state index in [0.717, 1.165) is 11.1 Å². The van der Waals surface area contributed by atoms with Crippen LogP contribution in [0, 0.1) is 58.2 Å². The summed E-state index contributed by atoms with van der Waals surface area (Å²) in [6.07, 6.45) is 0.589. The Morgan fingerprint density at radius 3 is 1.02 bits per heavy atom. The molecule has 232 valence electrons. The van der Waals surface area contributed by atoms with E-state index in [1.54, 1.807) is 26.0 Å². The molecule has 6 rings (SSSR count). The molecule has 0 heterocycles. The maximum absolute atomic E-state index is 15.2. The van der Waals surface area contributed by atoms with Gasteiger partial charge in [-0.2, -0.15) is 0 Å². The quantitative estimate of drug-likeness (QED) is 0.0894. The van der Waals surface area contributed by atoms with Gasteiger partial charge in [-0.1, -0.05) is 60.6 Å². The molecule has 0 N–H and O–H groups in total. The molecule has 11 heteroatoms. The van der Waals surface area contributed by atoms with Crippen LogP contribution < -0.4 is 0 Å². The average molecular weight is 649 g/mol. The summed E-state index contributed by atoms with van der Waals surface area (Å²) < 4.78 is 146. The molecule has 0 nitrogen and oxygen atoms in total. The molecule has 0 spiro atoms. The van der Waals surface area contributed by atoms with Gasteiger partial charge in [-0.3, -0.25) is 0 Å². The van der Waals surface area contributed by atoms with Crippen LogP contribution >= 0.6 is 0 Å². The molecule has 2 aliphatic carbocycles. The number of halogens is 10. The lowest BCUT2D eigenvalue weighted by Crippen LogP contribution is -2.31. The van der Waals surface area contributed by atoms with Crippen molar-refractivity contribution in [3.8, 4) is 22.3 Å². The molecule has 0 bridgehead atoms. The molecule has 0 amide bonds. The Hall–Kier alpha value is -4.12. The fourth-order valence-corrected chi connectivity index (χ4v) is 11.6. The highest BCUT2D eigenvalue weighted by atomic mass is 28.3. The Balaban J connectivity index is 1.61. The highest BCUT2D eigenvalue weighted by molar-refractivity contribution is 7.09. The van der Waals surface area contributed by atoms with E-state index in [9.17, 15) is 26.3 Å². The maximum atomic E-state index is 15.2. The van der Waals surface area contributed by atoms with Crippen LogP contribution in [0.4, 0.5) is 43.9 Å². The van der Waals surface area contributed by atoms with E-state index in [0.29, 0.717) is 34.4 Å². The number of hydrogen-bond donors (Lipinski definition) is 0. The Labute approximate surface area is 252 Å². The minimum absolute atomic E-state index is 0.211. The summed E-state index contributed by atoms with van der Waals surface area (Å²) >= 11 is 0. The van der Waals surface area contributed by atoms with E-state index in [2.05, 4.69) is 0 Å². The molecule has 0 fully saturated rings. The molecule has 0 saturated carbocycles. The van der Waals surface area contributed by atoms with Crippen molar-refractivity contribution in [1.82, 2.24) is 0 Å². The van der Waals surface area contributed by atoms with Crippen LogP contribution in [-0.4, -0.2) is 8.07 Å². The van der Waals surface area contributed by atoms with Gasteiger partial charge in [-0.15, -0.1) is 0 Å². The van der Waals surface area contributed by atoms with Crippen LogP contribution in [0.15, 0.2) is 47.5 Å². The van der Waals surface area contributed by atoms with E-state index < -0.39 is 77.4 Å². The molecule has 4 aromatic carbocycles. The molecule has 0 atom stereocenters. The van der Waals surface area contributed by atoms with Crippen LogP contribution in [0.2, 0.25) is 13.1 Å². The van der Waals surface area contributed by atoms with Gasteiger partial charge in [0, 0.05) is 0 Å². The first-order valence-corrected chi connectivity index (χ1v) is 16.8. The zero-order chi connectivity index (χ0) is 32.9. The van der Waals surface area contributed by atoms with E-state index in [1.165, 1.54) is 24.3 Å². The molecule has 45 heavy (non-hydrogen) atoms. The first-order valence-electron chi connectivity index (χ1n) is 13.8. The van der Waals surface area contributed by atoms with Crippen molar-refractivity contribution in [3.05, 3.63) is 128 Å². The second-order valence-corrected chi connectivity index (χ2v) is 16.1. The van der Waals surface area contributed by atoms with Crippen LogP contribution in [0.3, 0.4) is 0 Å². The maximum Gasteiger partial charge on any atom is 0.200 e. The first kappa shape index (κ1) is 30.9. The molecule has 4 aromatic rings. The van der Waals surface area contributed by atoms with Gasteiger partial charge in [0.2, 0.25) is 11.6 Å². The molecule has 0 unspecified atom stereocenters. The van der Waals surface area contributed by atoms with Gasteiger partial charge in [0.15, 0.2) is 46.5 Å². The SMILES string of the molecule is CC1=C([Si](C)(C)C2=C(C)Cc3cccc(-c4c(F)c(F)c(F)c(F)c4F)c32)c2c(cccc2-c2c(F)c(F)c(F)c(F)c2F)C1. The zero-order valence-electron chi connectivity index (χ0n) is 24.2. The van der Waals surface area contributed by atoms with Crippen molar-refractivity contribution in [2.75, 3.05) is 0 Å². The Kier molecular flexibility index (Phi) is 7.18. The summed E-state index contributed by atoms with van der Waals surface area (Å²) in [5, 5.41) is 1.21. The summed E-state index contributed by atoms with van der Waals surface area (Å²) in [5.41, 5.74) is 0.646. The summed E-state index contributed by atoms with van der Waals surface area (Å²) in [4.78, 5) is 0. The van der Waals surface area contributed by atoms with Crippen molar-refractivity contribution < 1.29 is 43.9 Å². The fraction of sp³-hybridized carbons (Fsp3) is 0.176. The largest absolute Gasteiger partial charge is 0.203 e. The number of fused-ring (bicyclic) bond motifs is 2. The van der Waals surface area contributed by atoms with Gasteiger partial charge in [0.1, 0.15) is 8.07 Å². The Bertz CT molecular complexity index is 1850. The van der Waals surface area contributed by atoms with Crippen molar-refractivity contribution in [2.45, 2.75) is 39.8 Å². The number of hydrogen-bond acceptors (Lipinski definition) is 0. The third-order valence-corrected chi connectivity index (χ3v) is 12.6. The van der Waals surface area contributed by atoms with Crippen LogP contribution in [0.25, 0.3) is 32.6 Å². The van der Waals surface area contributed by atoms with Gasteiger partial charge >= 0.3 is 0 Å². The van der Waals surface area contributed by atoms with E-state index in [1.807, 2.05) is 13.1 Å². The lowest BCUT2D eigenvalue weighted by atomic mass is 9.95. The highest BCUT2D eigenvalue weighted by Crippen LogP contribution is 2.53. The molecule has 2 aliphatic rings. The van der Waals surface area contributed by atoms with Gasteiger partial charge < -0.3 is 0 Å². The van der Waals surface area contributed by atoms with Crippen molar-refractivity contribution in [1.29, 1.82) is 0 Å². The number of allylic oxidation sites excluding steroid dienone is 2. The predicted molar refractivity (Wildman–Crippen MR) is 153 cm³/mol. The minimum atomic E-state index is -3.19. The number of rotatable bonds is 4. The smallest absolute Gasteiger partial charge is 0.200 e. The standard InChI is InChI=1S/C34H22F10Si/c1-13-11-15-7-5-9-17(21-23(35)27(39)31(43)28(40)24(21)36)19(15)33(13)45(3,4)34-14(2)12-16-8-6-10-18(20(16)34)22-25(37)29(41)32(44)30(42)26(22)38/h5-10H,11-12H2,1-4H3. The van der Waals surface area contributed by atoms with Crippen molar-refractivity contribution in [3.63, 3.8) is 0 Å². The third kappa shape index (κ3) is 4.26. The van der Waals surface area contributed by atoms with Gasteiger partial charge in [-0.25, -0.2) is 43.9 Å². The van der Waals surface area contributed by atoms with Crippen molar-refractivity contribution in [2.24, 2.45) is 0 Å². The van der Waals surface area contributed by atoms with Crippen molar-refractivity contribution >= 4 is 18.5 Å².